The SMILES string of the molecule is CCCCCCCCCCCC[N+](C)(C)CC(CC)CCCC.O=P([O-])(Oc1ccccc1)Oc1ccccc1. The average molecular weight is 576 g/mol. The maximum Gasteiger partial charge on any atom is 0.372 e. The number of nitrogens with zero attached hydrogens (tertiary/aromatic N) is 1. The zero-order valence-electron chi connectivity index (χ0n) is 26.2. The molecule has 0 spiro atoms. The number of rotatable bonds is 21. The molecule has 1 atom stereocenters. The third kappa shape index (κ3) is 19.3. The van der Waals surface area contributed by atoms with Crippen LogP contribution in [0.15, 0.2) is 60.7 Å². The first-order chi connectivity index (χ1) is 19.2. The van der Waals surface area contributed by atoms with Gasteiger partial charge in [0.05, 0.1) is 27.2 Å². The van der Waals surface area contributed by atoms with Crippen molar-refractivity contribution in [1.82, 2.24) is 0 Å². The second kappa shape index (κ2) is 21.9. The first-order valence-corrected chi connectivity index (χ1v) is 17.3. The number of quaternary nitrogens is 1. The molecule has 0 N–H and O–H groups in total. The van der Waals surface area contributed by atoms with Crippen molar-refractivity contribution in [2.45, 2.75) is 111 Å². The minimum Gasteiger partial charge on any atom is -0.736 e. The fourth-order valence-electron chi connectivity index (χ4n) is 4.97. The molecule has 0 aliphatic rings. The monoisotopic (exact) mass is 575 g/mol. The summed E-state index contributed by atoms with van der Waals surface area (Å²) in [7, 11) is 0.507. The number of para-hydroxylation sites is 2. The Morgan fingerprint density at radius 3 is 1.52 bits per heavy atom. The first kappa shape index (κ1) is 36.2. The lowest BCUT2D eigenvalue weighted by molar-refractivity contribution is -0.894. The van der Waals surface area contributed by atoms with Crippen LogP contribution in [0.2, 0.25) is 0 Å². The van der Waals surface area contributed by atoms with E-state index in [1.54, 1.807) is 60.7 Å². The van der Waals surface area contributed by atoms with Gasteiger partial charge in [-0.05, 0) is 49.9 Å². The molecule has 2 aromatic carbocycles. The quantitative estimate of drug-likeness (QED) is 0.0844. The van der Waals surface area contributed by atoms with Gasteiger partial charge >= 0.3 is 7.82 Å². The highest BCUT2D eigenvalue weighted by atomic mass is 31.2. The van der Waals surface area contributed by atoms with Gasteiger partial charge in [0.15, 0.2) is 0 Å². The Morgan fingerprint density at radius 2 is 1.10 bits per heavy atom. The van der Waals surface area contributed by atoms with Crippen LogP contribution >= 0.6 is 7.82 Å². The minimum atomic E-state index is -4.39. The van der Waals surface area contributed by atoms with Crippen LogP contribution < -0.4 is 13.9 Å². The molecule has 0 aliphatic carbocycles. The van der Waals surface area contributed by atoms with Crippen LogP contribution in [0.5, 0.6) is 11.5 Å². The van der Waals surface area contributed by atoms with Crippen molar-refractivity contribution in [1.29, 1.82) is 0 Å². The molecule has 0 aliphatic heterocycles. The highest BCUT2D eigenvalue weighted by Gasteiger charge is 2.20. The molecule has 0 aromatic heterocycles. The van der Waals surface area contributed by atoms with Crippen LogP contribution in [-0.4, -0.2) is 31.7 Å². The zero-order valence-corrected chi connectivity index (χ0v) is 27.1. The van der Waals surface area contributed by atoms with Crippen molar-refractivity contribution in [3.8, 4) is 11.5 Å². The summed E-state index contributed by atoms with van der Waals surface area (Å²) < 4.78 is 22.4. The summed E-state index contributed by atoms with van der Waals surface area (Å²) in [6, 6.07) is 16.4. The van der Waals surface area contributed by atoms with E-state index in [9.17, 15) is 9.46 Å². The summed E-state index contributed by atoms with van der Waals surface area (Å²) in [5, 5.41) is 0. The summed E-state index contributed by atoms with van der Waals surface area (Å²) >= 11 is 0. The van der Waals surface area contributed by atoms with E-state index >= 15 is 0 Å². The van der Waals surface area contributed by atoms with Crippen molar-refractivity contribution in [3.05, 3.63) is 60.7 Å². The maximum atomic E-state index is 11.6. The van der Waals surface area contributed by atoms with Gasteiger partial charge in [-0.2, -0.15) is 0 Å². The second-order valence-corrected chi connectivity index (χ2v) is 13.0. The highest BCUT2D eigenvalue weighted by molar-refractivity contribution is 7.46. The molecule has 0 fully saturated rings. The summed E-state index contributed by atoms with van der Waals surface area (Å²) in [4.78, 5) is 11.6. The lowest BCUT2D eigenvalue weighted by atomic mass is 9.98. The molecule has 5 nitrogen and oxygen atoms in total. The second-order valence-electron chi connectivity index (χ2n) is 11.7. The van der Waals surface area contributed by atoms with E-state index in [2.05, 4.69) is 34.9 Å². The van der Waals surface area contributed by atoms with Gasteiger partial charge < -0.3 is 18.4 Å². The van der Waals surface area contributed by atoms with Gasteiger partial charge in [0.25, 0.3) is 0 Å². The lowest BCUT2D eigenvalue weighted by Crippen LogP contribution is -2.44. The first-order valence-electron chi connectivity index (χ1n) is 15.8. The van der Waals surface area contributed by atoms with Gasteiger partial charge in [-0.1, -0.05) is 121 Å². The van der Waals surface area contributed by atoms with E-state index in [1.807, 2.05) is 0 Å². The van der Waals surface area contributed by atoms with E-state index in [0.717, 1.165) is 5.92 Å². The predicted molar refractivity (Wildman–Crippen MR) is 169 cm³/mol. The van der Waals surface area contributed by atoms with Crippen LogP contribution in [-0.2, 0) is 4.57 Å². The Bertz CT molecular complexity index is 846. The molecule has 6 heteroatoms. The molecule has 1 unspecified atom stereocenters. The summed E-state index contributed by atoms with van der Waals surface area (Å²) in [6.45, 7) is 9.75. The van der Waals surface area contributed by atoms with E-state index in [4.69, 9.17) is 9.05 Å². The van der Waals surface area contributed by atoms with E-state index < -0.39 is 7.82 Å². The summed E-state index contributed by atoms with van der Waals surface area (Å²) in [6.07, 6.45) is 20.0. The smallest absolute Gasteiger partial charge is 0.372 e. The molecular weight excluding hydrogens is 517 g/mol. The van der Waals surface area contributed by atoms with Gasteiger partial charge in [-0.15, -0.1) is 0 Å². The Balaban J connectivity index is 0.000000415. The molecule has 40 heavy (non-hydrogen) atoms. The van der Waals surface area contributed by atoms with E-state index in [-0.39, 0.29) is 11.5 Å². The fourth-order valence-corrected chi connectivity index (χ4v) is 5.77. The summed E-state index contributed by atoms with van der Waals surface area (Å²) in [5.74, 6) is 1.39. The maximum absolute atomic E-state index is 11.6. The predicted octanol–water partition coefficient (Wildman–Crippen LogP) is 9.81. The molecule has 0 bridgehead atoms. The Labute approximate surface area is 246 Å². The third-order valence-corrected chi connectivity index (χ3v) is 8.20. The van der Waals surface area contributed by atoms with Crippen LogP contribution in [0.1, 0.15) is 111 Å². The van der Waals surface area contributed by atoms with Crippen molar-refractivity contribution >= 4 is 7.82 Å². The van der Waals surface area contributed by atoms with Crippen LogP contribution in [0.25, 0.3) is 0 Å². The van der Waals surface area contributed by atoms with Crippen LogP contribution in [0.3, 0.4) is 0 Å². The Morgan fingerprint density at radius 1 is 0.675 bits per heavy atom. The van der Waals surface area contributed by atoms with Crippen molar-refractivity contribution in [3.63, 3.8) is 0 Å². The standard InChI is InChI=1S/C22H48N.C12H11O4P/c1-6-9-11-12-13-14-15-16-17-18-20-23(4,5)21-22(8-3)19-10-7-2;13-17(14,15-11-7-3-1-4-8-11)16-12-9-5-2-6-10-12/h22H,6-21H2,1-5H3;1-10H,(H,13,14)/q+1;/p-1. The Hall–Kier alpha value is -1.81. The molecule has 0 radical (unpaired) electrons. The number of benzene rings is 2. The average Bonchev–Trinajstić information content (AvgIpc) is 2.93. The van der Waals surface area contributed by atoms with Gasteiger partial charge in [0.2, 0.25) is 0 Å². The summed E-state index contributed by atoms with van der Waals surface area (Å²) in [5.41, 5.74) is 0. The van der Waals surface area contributed by atoms with Crippen molar-refractivity contribution < 1.29 is 23.0 Å². The molecule has 2 aromatic rings. The van der Waals surface area contributed by atoms with E-state index in [1.165, 1.54) is 107 Å². The topological polar surface area (TPSA) is 58.6 Å². The molecule has 0 amide bonds. The largest absolute Gasteiger partial charge is 0.736 e. The van der Waals surface area contributed by atoms with Crippen LogP contribution in [0.4, 0.5) is 0 Å². The van der Waals surface area contributed by atoms with Crippen LogP contribution in [0, 0.1) is 5.92 Å². The molecule has 228 valence electrons. The molecule has 0 saturated heterocycles. The number of phosphoric acid groups is 1. The number of unbranched alkanes of at least 4 members (excludes halogenated alkanes) is 10. The Kier molecular flexibility index (Phi) is 19.8. The highest BCUT2D eigenvalue weighted by Crippen LogP contribution is 2.40. The minimum absolute atomic E-state index is 0.224. The molecule has 0 saturated carbocycles. The lowest BCUT2D eigenvalue weighted by Gasteiger charge is -2.33. The van der Waals surface area contributed by atoms with Gasteiger partial charge in [0, 0.05) is 5.92 Å². The normalized spacial score (nSPS) is 12.3. The molecule has 0 heterocycles. The van der Waals surface area contributed by atoms with Crippen molar-refractivity contribution in [2.75, 3.05) is 27.2 Å². The number of phosphoric ester groups is 1. The molecular formula is C34H58NO4P. The number of hydrogen-bond acceptors (Lipinski definition) is 4. The van der Waals surface area contributed by atoms with Crippen molar-refractivity contribution in [2.24, 2.45) is 5.92 Å². The van der Waals surface area contributed by atoms with E-state index in [0.29, 0.717) is 0 Å². The van der Waals surface area contributed by atoms with Gasteiger partial charge in [0.1, 0.15) is 11.5 Å². The molecule has 2 rings (SSSR count). The van der Waals surface area contributed by atoms with Gasteiger partial charge in [-0.25, -0.2) is 4.57 Å². The third-order valence-electron chi connectivity index (χ3n) is 7.33. The zero-order chi connectivity index (χ0) is 29.5. The fraction of sp³-hybridized carbons (Fsp3) is 0.647. The van der Waals surface area contributed by atoms with Gasteiger partial charge in [-0.3, -0.25) is 0 Å². The number of hydrogen-bond donors (Lipinski definition) is 0.